The number of hydrogen-bond donors (Lipinski definition) is 1. The fourth-order valence-corrected chi connectivity index (χ4v) is 1.60. The van der Waals surface area contributed by atoms with E-state index in [4.69, 9.17) is 0 Å². The van der Waals surface area contributed by atoms with E-state index < -0.39 is 17.9 Å². The van der Waals surface area contributed by atoms with E-state index in [9.17, 15) is 13.6 Å². The van der Waals surface area contributed by atoms with Gasteiger partial charge in [0.1, 0.15) is 0 Å². The Balaban J connectivity index is 2.53. The zero-order valence-electron chi connectivity index (χ0n) is 9.38. The molecule has 0 bridgehead atoms. The maximum Gasteiger partial charge on any atom is 0.278 e. The molecule has 3 nitrogen and oxygen atoms in total. The highest BCUT2D eigenvalue weighted by Gasteiger charge is 2.17. The van der Waals surface area contributed by atoms with Gasteiger partial charge in [-0.2, -0.15) is 4.39 Å². The summed E-state index contributed by atoms with van der Waals surface area (Å²) in [5.74, 6) is -0.993. The molecule has 0 unspecified atom stereocenters. The lowest BCUT2D eigenvalue weighted by Crippen LogP contribution is -2.30. The monoisotopic (exact) mass is 239 g/mol. The molecule has 90 valence electrons. The van der Waals surface area contributed by atoms with E-state index in [-0.39, 0.29) is 22.3 Å². The third-order valence-corrected chi connectivity index (χ3v) is 2.65. The first-order valence-electron chi connectivity index (χ1n) is 5.13. The molecule has 0 saturated heterocycles. The average Bonchev–Trinajstić information content (AvgIpc) is 2.68. The Morgan fingerprint density at radius 3 is 2.71 bits per heavy atom. The van der Waals surface area contributed by atoms with Crippen LogP contribution in [-0.4, -0.2) is 18.9 Å². The number of rotatable bonds is 3. The van der Waals surface area contributed by atoms with Crippen LogP contribution in [0.25, 0.3) is 11.0 Å². The van der Waals surface area contributed by atoms with Gasteiger partial charge in [-0.1, -0.05) is 0 Å². The molecular formula is C12H11F2NO2. The number of furan rings is 1. The van der Waals surface area contributed by atoms with E-state index in [0.29, 0.717) is 0 Å². The van der Waals surface area contributed by atoms with E-state index in [1.54, 1.807) is 14.0 Å². The third kappa shape index (κ3) is 2.06. The van der Waals surface area contributed by atoms with Gasteiger partial charge in [0.2, 0.25) is 0 Å². The van der Waals surface area contributed by atoms with Crippen molar-refractivity contribution in [1.82, 2.24) is 5.32 Å². The number of carbonyl (C=O) groups is 1. The molecule has 1 aromatic carbocycles. The largest absolute Gasteiger partial charge is 0.428 e. The standard InChI is InChI=1S/C12H11F2NO2/c1-6(15-2)11(16)7-3-8-5-10(14)17-12(8)9(13)4-7/h3-6,15H,1-2H3/t6-/m1/s1. The number of likely N-dealkylation sites (N-methyl/N-ethyl adjacent to an activating group) is 1. The number of halogens is 2. The number of benzene rings is 1. The van der Waals surface area contributed by atoms with Gasteiger partial charge >= 0.3 is 0 Å². The Hall–Kier alpha value is -1.75. The van der Waals surface area contributed by atoms with Crippen LogP contribution in [-0.2, 0) is 0 Å². The first-order valence-corrected chi connectivity index (χ1v) is 5.13. The van der Waals surface area contributed by atoms with Crippen LogP contribution >= 0.6 is 0 Å². The molecule has 2 aromatic rings. The minimum atomic E-state index is -0.870. The molecule has 0 amide bonds. The van der Waals surface area contributed by atoms with Gasteiger partial charge in [0.05, 0.1) is 6.04 Å². The summed E-state index contributed by atoms with van der Waals surface area (Å²) in [6, 6.07) is 2.23. The van der Waals surface area contributed by atoms with Gasteiger partial charge < -0.3 is 9.73 Å². The Kier molecular flexibility index (Phi) is 2.93. The summed E-state index contributed by atoms with van der Waals surface area (Å²) in [6.45, 7) is 1.67. The van der Waals surface area contributed by atoms with Crippen LogP contribution in [0.3, 0.4) is 0 Å². The number of ketones is 1. The molecule has 0 fully saturated rings. The highest BCUT2D eigenvalue weighted by molar-refractivity contribution is 6.02. The van der Waals surface area contributed by atoms with E-state index in [1.807, 2.05) is 0 Å². The van der Waals surface area contributed by atoms with Gasteiger partial charge in [0, 0.05) is 17.0 Å². The SMILES string of the molecule is CN[C@H](C)C(=O)c1cc(F)c2oc(F)cc2c1. The molecule has 1 aromatic heterocycles. The fourth-order valence-electron chi connectivity index (χ4n) is 1.60. The Morgan fingerprint density at radius 1 is 1.35 bits per heavy atom. The van der Waals surface area contributed by atoms with Gasteiger partial charge in [0.25, 0.3) is 6.01 Å². The molecule has 2 rings (SSSR count). The zero-order chi connectivity index (χ0) is 12.6. The lowest BCUT2D eigenvalue weighted by Gasteiger charge is -2.08. The van der Waals surface area contributed by atoms with Crippen LogP contribution in [0.4, 0.5) is 8.78 Å². The minimum Gasteiger partial charge on any atom is -0.428 e. The molecule has 0 aliphatic rings. The summed E-state index contributed by atoms with van der Waals surface area (Å²) in [5.41, 5.74) is 0.0220. The maximum absolute atomic E-state index is 13.6. The van der Waals surface area contributed by atoms with Crippen molar-refractivity contribution in [3.63, 3.8) is 0 Å². The summed E-state index contributed by atoms with van der Waals surface area (Å²) in [6.07, 6.45) is 0. The second kappa shape index (κ2) is 4.25. The molecule has 17 heavy (non-hydrogen) atoms. The van der Waals surface area contributed by atoms with E-state index in [1.165, 1.54) is 6.07 Å². The van der Waals surface area contributed by atoms with Crippen LogP contribution in [0.1, 0.15) is 17.3 Å². The van der Waals surface area contributed by atoms with E-state index in [0.717, 1.165) is 12.1 Å². The molecule has 1 atom stereocenters. The summed E-state index contributed by atoms with van der Waals surface area (Å²) >= 11 is 0. The van der Waals surface area contributed by atoms with Crippen molar-refractivity contribution in [2.75, 3.05) is 7.05 Å². The number of hydrogen-bond acceptors (Lipinski definition) is 3. The fraction of sp³-hybridized carbons (Fsp3) is 0.250. The lowest BCUT2D eigenvalue weighted by atomic mass is 10.0. The number of fused-ring (bicyclic) bond motifs is 1. The third-order valence-electron chi connectivity index (χ3n) is 2.65. The minimum absolute atomic E-state index is 0.170. The van der Waals surface area contributed by atoms with Crippen LogP contribution in [0.5, 0.6) is 0 Å². The van der Waals surface area contributed by atoms with Gasteiger partial charge in [-0.25, -0.2) is 4.39 Å². The van der Waals surface area contributed by atoms with Crippen molar-refractivity contribution in [3.05, 3.63) is 35.6 Å². The average molecular weight is 239 g/mol. The molecule has 1 N–H and O–H groups in total. The first kappa shape index (κ1) is 11.7. The predicted octanol–water partition coefficient (Wildman–Crippen LogP) is 2.50. The summed E-state index contributed by atoms with van der Waals surface area (Å²) in [5, 5.41) is 3.01. The quantitative estimate of drug-likeness (QED) is 0.837. The lowest BCUT2D eigenvalue weighted by molar-refractivity contribution is 0.0955. The maximum atomic E-state index is 13.6. The first-order chi connectivity index (χ1) is 8.02. The van der Waals surface area contributed by atoms with Crippen molar-refractivity contribution < 1.29 is 18.0 Å². The molecule has 0 aliphatic carbocycles. The molecule has 0 saturated carbocycles. The van der Waals surface area contributed by atoms with Gasteiger partial charge in [-0.15, -0.1) is 0 Å². The smallest absolute Gasteiger partial charge is 0.278 e. The van der Waals surface area contributed by atoms with Gasteiger partial charge in [0.15, 0.2) is 17.2 Å². The molecular weight excluding hydrogens is 228 g/mol. The second-order valence-corrected chi connectivity index (χ2v) is 3.80. The van der Waals surface area contributed by atoms with Crippen LogP contribution in [0.2, 0.25) is 0 Å². The van der Waals surface area contributed by atoms with Crippen LogP contribution < -0.4 is 5.32 Å². The van der Waals surface area contributed by atoms with Crippen molar-refractivity contribution in [1.29, 1.82) is 0 Å². The van der Waals surface area contributed by atoms with Crippen LogP contribution in [0.15, 0.2) is 22.6 Å². The topological polar surface area (TPSA) is 42.2 Å². The molecule has 0 aliphatic heterocycles. The summed E-state index contributed by atoms with van der Waals surface area (Å²) in [4.78, 5) is 11.8. The second-order valence-electron chi connectivity index (χ2n) is 3.80. The number of Topliss-reactive ketones (excluding diaryl/α,β-unsaturated/α-hetero) is 1. The van der Waals surface area contributed by atoms with Crippen molar-refractivity contribution in [2.24, 2.45) is 0 Å². The van der Waals surface area contributed by atoms with E-state index >= 15 is 0 Å². The normalized spacial score (nSPS) is 12.9. The molecule has 0 radical (unpaired) electrons. The van der Waals surface area contributed by atoms with Crippen molar-refractivity contribution >= 4 is 16.8 Å². The highest BCUT2D eigenvalue weighted by Crippen LogP contribution is 2.23. The molecule has 0 spiro atoms. The van der Waals surface area contributed by atoms with Gasteiger partial charge in [-0.3, -0.25) is 4.79 Å². The van der Waals surface area contributed by atoms with Crippen LogP contribution in [0, 0.1) is 11.8 Å². The van der Waals surface area contributed by atoms with Gasteiger partial charge in [-0.05, 0) is 26.1 Å². The predicted molar refractivity (Wildman–Crippen MR) is 59.0 cm³/mol. The highest BCUT2D eigenvalue weighted by atomic mass is 19.1. The zero-order valence-corrected chi connectivity index (χ0v) is 9.38. The summed E-state index contributed by atoms with van der Waals surface area (Å²) in [7, 11) is 1.63. The number of carbonyl (C=O) groups excluding carboxylic acids is 1. The Labute approximate surface area is 96.4 Å². The molecule has 1 heterocycles. The van der Waals surface area contributed by atoms with Crippen molar-refractivity contribution in [3.8, 4) is 0 Å². The number of nitrogens with one attached hydrogen (secondary N) is 1. The Bertz CT molecular complexity index is 577. The summed E-state index contributed by atoms with van der Waals surface area (Å²) < 4.78 is 30.9. The van der Waals surface area contributed by atoms with Crippen molar-refractivity contribution in [2.45, 2.75) is 13.0 Å². The Morgan fingerprint density at radius 2 is 2.06 bits per heavy atom. The van der Waals surface area contributed by atoms with E-state index in [2.05, 4.69) is 9.73 Å². The molecule has 5 heteroatoms.